The van der Waals surface area contributed by atoms with Crippen LogP contribution in [-0.2, 0) is 16.1 Å². The molecule has 0 radical (unpaired) electrons. The SMILES string of the molecule is Cc1nn(Cc2ccc(F)cc2)c2sc(C(=O)OCC(=O)NC(N)=O)cc12. The predicted octanol–water partition coefficient (Wildman–Crippen LogP) is 1.95. The third-order valence-electron chi connectivity index (χ3n) is 3.65. The first-order valence-electron chi connectivity index (χ1n) is 7.81. The monoisotopic (exact) mass is 390 g/mol. The molecule has 140 valence electrons. The molecule has 2 aromatic heterocycles. The number of aromatic nitrogens is 2. The van der Waals surface area contributed by atoms with Crippen LogP contribution in [0.2, 0.25) is 0 Å². The molecule has 27 heavy (non-hydrogen) atoms. The number of carbonyl (C=O) groups is 3. The molecule has 0 unspecified atom stereocenters. The Kier molecular flexibility index (Phi) is 5.17. The number of aryl methyl sites for hydroxylation is 1. The second kappa shape index (κ2) is 7.54. The minimum absolute atomic E-state index is 0.297. The highest BCUT2D eigenvalue weighted by molar-refractivity contribution is 7.20. The lowest BCUT2D eigenvalue weighted by molar-refractivity contribution is -0.123. The van der Waals surface area contributed by atoms with Crippen LogP contribution in [0.15, 0.2) is 30.3 Å². The first-order chi connectivity index (χ1) is 12.8. The van der Waals surface area contributed by atoms with Crippen molar-refractivity contribution in [2.24, 2.45) is 5.73 Å². The van der Waals surface area contributed by atoms with E-state index >= 15 is 0 Å². The van der Waals surface area contributed by atoms with E-state index in [0.29, 0.717) is 11.4 Å². The highest BCUT2D eigenvalue weighted by Gasteiger charge is 2.18. The minimum atomic E-state index is -1.02. The van der Waals surface area contributed by atoms with Gasteiger partial charge >= 0.3 is 12.0 Å². The van der Waals surface area contributed by atoms with Crippen LogP contribution < -0.4 is 11.1 Å². The number of primary amides is 1. The van der Waals surface area contributed by atoms with Gasteiger partial charge in [-0.15, -0.1) is 11.3 Å². The summed E-state index contributed by atoms with van der Waals surface area (Å²) in [4.78, 5) is 35.1. The fourth-order valence-corrected chi connectivity index (χ4v) is 3.51. The molecule has 10 heteroatoms. The predicted molar refractivity (Wildman–Crippen MR) is 95.9 cm³/mol. The summed E-state index contributed by atoms with van der Waals surface area (Å²) in [5.41, 5.74) is 6.41. The molecule has 3 aromatic rings. The molecule has 0 aliphatic heterocycles. The van der Waals surface area contributed by atoms with Gasteiger partial charge in [0.2, 0.25) is 0 Å². The third-order valence-corrected chi connectivity index (χ3v) is 4.78. The number of fused-ring (bicyclic) bond motifs is 1. The number of halogens is 1. The van der Waals surface area contributed by atoms with E-state index in [0.717, 1.165) is 21.5 Å². The fraction of sp³-hybridized carbons (Fsp3) is 0.176. The number of amides is 3. The molecule has 0 aliphatic carbocycles. The average molecular weight is 390 g/mol. The van der Waals surface area contributed by atoms with Gasteiger partial charge in [0.05, 0.1) is 12.2 Å². The van der Waals surface area contributed by atoms with E-state index in [9.17, 15) is 18.8 Å². The van der Waals surface area contributed by atoms with Gasteiger partial charge in [-0.25, -0.2) is 14.0 Å². The smallest absolute Gasteiger partial charge is 0.348 e. The minimum Gasteiger partial charge on any atom is -0.451 e. The van der Waals surface area contributed by atoms with Crippen molar-refractivity contribution in [3.05, 3.63) is 52.3 Å². The number of urea groups is 1. The number of hydrogen-bond acceptors (Lipinski definition) is 6. The van der Waals surface area contributed by atoms with Gasteiger partial charge in [-0.2, -0.15) is 5.10 Å². The van der Waals surface area contributed by atoms with Crippen LogP contribution in [0.5, 0.6) is 0 Å². The summed E-state index contributed by atoms with van der Waals surface area (Å²) < 4.78 is 19.7. The number of imide groups is 1. The Balaban J connectivity index is 1.76. The quantitative estimate of drug-likeness (QED) is 0.646. The topological polar surface area (TPSA) is 116 Å². The van der Waals surface area contributed by atoms with E-state index in [1.807, 2.05) is 6.92 Å². The number of ether oxygens (including phenoxy) is 1. The first-order valence-corrected chi connectivity index (χ1v) is 8.63. The van der Waals surface area contributed by atoms with E-state index in [2.05, 4.69) is 5.10 Å². The molecule has 0 aliphatic rings. The van der Waals surface area contributed by atoms with Crippen LogP contribution >= 0.6 is 11.3 Å². The molecule has 0 spiro atoms. The van der Waals surface area contributed by atoms with Crippen molar-refractivity contribution in [2.45, 2.75) is 13.5 Å². The number of nitrogens with two attached hydrogens (primary N) is 1. The van der Waals surface area contributed by atoms with Crippen molar-refractivity contribution in [1.29, 1.82) is 0 Å². The zero-order chi connectivity index (χ0) is 19.6. The molecular weight excluding hydrogens is 375 g/mol. The van der Waals surface area contributed by atoms with Crippen LogP contribution in [-0.4, -0.2) is 34.3 Å². The van der Waals surface area contributed by atoms with Gasteiger partial charge in [0, 0.05) is 5.39 Å². The van der Waals surface area contributed by atoms with Gasteiger partial charge in [-0.05, 0) is 30.7 Å². The lowest BCUT2D eigenvalue weighted by Crippen LogP contribution is -2.37. The zero-order valence-corrected chi connectivity index (χ0v) is 15.0. The highest BCUT2D eigenvalue weighted by atomic mass is 32.1. The maximum Gasteiger partial charge on any atom is 0.348 e. The molecule has 3 rings (SSSR count). The molecule has 8 nitrogen and oxygen atoms in total. The van der Waals surface area contributed by atoms with Gasteiger partial charge in [0.15, 0.2) is 6.61 Å². The molecule has 0 fully saturated rings. The van der Waals surface area contributed by atoms with Crippen LogP contribution in [0.25, 0.3) is 10.2 Å². The summed E-state index contributed by atoms with van der Waals surface area (Å²) in [6.07, 6.45) is 0. The Morgan fingerprint density at radius 1 is 1.30 bits per heavy atom. The Bertz CT molecular complexity index is 1030. The first kappa shape index (κ1) is 18.5. The number of esters is 1. The number of nitrogens with zero attached hydrogens (tertiary/aromatic N) is 2. The lowest BCUT2D eigenvalue weighted by Gasteiger charge is -2.03. The number of thiophene rings is 1. The molecule has 3 N–H and O–H groups in total. The molecular formula is C17H15FN4O4S. The molecule has 3 amide bonds. The summed E-state index contributed by atoms with van der Waals surface area (Å²) >= 11 is 1.17. The zero-order valence-electron chi connectivity index (χ0n) is 14.2. The number of rotatable bonds is 5. The molecule has 0 saturated heterocycles. The van der Waals surface area contributed by atoms with Crippen molar-refractivity contribution in [3.63, 3.8) is 0 Å². The van der Waals surface area contributed by atoms with E-state index in [1.165, 1.54) is 23.5 Å². The normalized spacial score (nSPS) is 10.7. The maximum absolute atomic E-state index is 13.0. The maximum atomic E-state index is 13.0. The van der Waals surface area contributed by atoms with E-state index in [4.69, 9.17) is 10.5 Å². The van der Waals surface area contributed by atoms with Gasteiger partial charge < -0.3 is 10.5 Å². The highest BCUT2D eigenvalue weighted by Crippen LogP contribution is 2.29. The summed E-state index contributed by atoms with van der Waals surface area (Å²) in [7, 11) is 0. The second-order valence-electron chi connectivity index (χ2n) is 5.69. The Hall–Kier alpha value is -3.27. The van der Waals surface area contributed by atoms with Crippen molar-refractivity contribution < 1.29 is 23.5 Å². The average Bonchev–Trinajstić information content (AvgIpc) is 3.16. The molecule has 0 saturated carbocycles. The van der Waals surface area contributed by atoms with Crippen molar-refractivity contribution in [2.75, 3.05) is 6.61 Å². The molecule has 1 aromatic carbocycles. The number of carbonyl (C=O) groups excluding carboxylic acids is 3. The molecule has 0 atom stereocenters. The summed E-state index contributed by atoms with van der Waals surface area (Å²) in [5, 5.41) is 7.03. The van der Waals surface area contributed by atoms with Gasteiger partial charge in [0.25, 0.3) is 5.91 Å². The van der Waals surface area contributed by atoms with E-state index in [1.54, 1.807) is 28.2 Å². The van der Waals surface area contributed by atoms with Crippen LogP contribution in [0.1, 0.15) is 20.9 Å². The number of benzene rings is 1. The van der Waals surface area contributed by atoms with Gasteiger partial charge in [-0.3, -0.25) is 14.8 Å². The van der Waals surface area contributed by atoms with Crippen LogP contribution in [0.4, 0.5) is 9.18 Å². The van der Waals surface area contributed by atoms with Crippen LogP contribution in [0.3, 0.4) is 0 Å². The van der Waals surface area contributed by atoms with Crippen LogP contribution in [0, 0.1) is 12.7 Å². The largest absolute Gasteiger partial charge is 0.451 e. The second-order valence-corrected chi connectivity index (χ2v) is 6.72. The lowest BCUT2D eigenvalue weighted by atomic mass is 10.2. The summed E-state index contributed by atoms with van der Waals surface area (Å²) in [5.74, 6) is -1.82. The summed E-state index contributed by atoms with van der Waals surface area (Å²) in [6.45, 7) is 1.61. The van der Waals surface area contributed by atoms with Crippen molar-refractivity contribution >= 4 is 39.5 Å². The Morgan fingerprint density at radius 3 is 2.67 bits per heavy atom. The standard InChI is InChI=1S/C17H15FN4O4S/c1-9-12-6-13(16(24)26-8-14(23)20-17(19)25)27-15(12)22(21-9)7-10-2-4-11(18)5-3-10/h2-6H,7-8H2,1H3,(H3,19,20,23,25). The Morgan fingerprint density at radius 2 is 2.00 bits per heavy atom. The van der Waals surface area contributed by atoms with E-state index < -0.39 is 24.5 Å². The molecule has 2 heterocycles. The third kappa shape index (κ3) is 4.29. The van der Waals surface area contributed by atoms with Gasteiger partial charge in [0.1, 0.15) is 15.5 Å². The molecule has 0 bridgehead atoms. The van der Waals surface area contributed by atoms with E-state index in [-0.39, 0.29) is 5.82 Å². The fourth-order valence-electron chi connectivity index (χ4n) is 2.46. The van der Waals surface area contributed by atoms with Crippen molar-refractivity contribution in [1.82, 2.24) is 15.1 Å². The van der Waals surface area contributed by atoms with Gasteiger partial charge in [-0.1, -0.05) is 12.1 Å². The number of hydrogen-bond donors (Lipinski definition) is 2. The Labute approximate surface area is 156 Å². The summed E-state index contributed by atoms with van der Waals surface area (Å²) in [6, 6.07) is 6.69. The number of nitrogens with one attached hydrogen (secondary N) is 1. The van der Waals surface area contributed by atoms with Crippen molar-refractivity contribution in [3.8, 4) is 0 Å².